The monoisotopic (exact) mass is 286 g/mol. The van der Waals surface area contributed by atoms with Crippen LogP contribution >= 0.6 is 0 Å². The third-order valence-corrected chi connectivity index (χ3v) is 4.52. The second-order valence-corrected chi connectivity index (χ2v) is 7.40. The molecule has 2 N–H and O–H groups in total. The van der Waals surface area contributed by atoms with E-state index >= 15 is 0 Å². The van der Waals surface area contributed by atoms with Gasteiger partial charge in [-0.2, -0.15) is 0 Å². The molecule has 1 aromatic carbocycles. The Kier molecular flexibility index (Phi) is 5.52. The first-order valence-corrected chi connectivity index (χ1v) is 8.36. The molecule has 0 saturated heterocycles. The minimum absolute atomic E-state index is 0.0701. The van der Waals surface area contributed by atoms with Crippen molar-refractivity contribution in [2.45, 2.75) is 25.2 Å². The highest BCUT2D eigenvalue weighted by atomic mass is 32.2. The first kappa shape index (κ1) is 16.1. The summed E-state index contributed by atoms with van der Waals surface area (Å²) in [5, 5.41) is 19.3. The number of aliphatic hydroxyl groups is 2. The maximum atomic E-state index is 11.2. The van der Waals surface area contributed by atoms with Gasteiger partial charge in [0.25, 0.3) is 0 Å². The van der Waals surface area contributed by atoms with Crippen LogP contribution in [0.5, 0.6) is 0 Å². The summed E-state index contributed by atoms with van der Waals surface area (Å²) in [6, 6.07) is 7.56. The summed E-state index contributed by atoms with van der Waals surface area (Å²) in [4.78, 5) is 0. The Balaban J connectivity index is 2.95. The highest BCUT2D eigenvalue weighted by Gasteiger charge is 2.32. The zero-order valence-electron chi connectivity index (χ0n) is 11.5. The second kappa shape index (κ2) is 6.50. The van der Waals surface area contributed by atoms with E-state index in [1.807, 2.05) is 31.2 Å². The van der Waals surface area contributed by atoms with Gasteiger partial charge in [-0.1, -0.05) is 24.3 Å². The van der Waals surface area contributed by atoms with E-state index in [9.17, 15) is 18.6 Å². The number of sulfone groups is 1. The fourth-order valence-corrected chi connectivity index (χ4v) is 3.02. The molecule has 0 aliphatic carbocycles. The van der Waals surface area contributed by atoms with Gasteiger partial charge in [0.05, 0.1) is 13.2 Å². The van der Waals surface area contributed by atoms with Crippen molar-refractivity contribution in [1.29, 1.82) is 0 Å². The van der Waals surface area contributed by atoms with Gasteiger partial charge in [0.15, 0.2) is 0 Å². The Hall–Kier alpha value is -0.910. The van der Waals surface area contributed by atoms with Gasteiger partial charge in [-0.3, -0.25) is 0 Å². The lowest BCUT2D eigenvalue weighted by Crippen LogP contribution is -2.36. The van der Waals surface area contributed by atoms with Crippen LogP contribution in [-0.2, 0) is 15.3 Å². The molecule has 1 rings (SSSR count). The van der Waals surface area contributed by atoms with Crippen molar-refractivity contribution < 1.29 is 18.6 Å². The Bertz CT molecular complexity index is 504. The van der Waals surface area contributed by atoms with E-state index < -0.39 is 15.3 Å². The number of hydrogen-bond acceptors (Lipinski definition) is 4. The van der Waals surface area contributed by atoms with Gasteiger partial charge in [0, 0.05) is 17.4 Å². The molecule has 0 atom stereocenters. The van der Waals surface area contributed by atoms with Crippen molar-refractivity contribution >= 4 is 9.84 Å². The number of hydrogen-bond donors (Lipinski definition) is 2. The van der Waals surface area contributed by atoms with E-state index in [2.05, 4.69) is 0 Å². The van der Waals surface area contributed by atoms with E-state index in [-0.39, 0.29) is 19.0 Å². The fraction of sp³-hybridized carbons (Fsp3) is 0.571. The lowest BCUT2D eigenvalue weighted by atomic mass is 9.76. The highest BCUT2D eigenvalue weighted by molar-refractivity contribution is 7.90. The van der Waals surface area contributed by atoms with Gasteiger partial charge in [0.2, 0.25) is 0 Å². The number of benzene rings is 1. The Labute approximate surface area is 115 Å². The molecule has 0 aromatic heterocycles. The largest absolute Gasteiger partial charge is 0.395 e. The number of aryl methyl sites for hydroxylation is 1. The summed E-state index contributed by atoms with van der Waals surface area (Å²) in [5.74, 6) is 0.0701. The van der Waals surface area contributed by atoms with Crippen molar-refractivity contribution in [3.8, 4) is 0 Å². The third-order valence-electron chi connectivity index (χ3n) is 3.49. The topological polar surface area (TPSA) is 74.6 Å². The molecule has 0 radical (unpaired) electrons. The molecular weight excluding hydrogens is 264 g/mol. The van der Waals surface area contributed by atoms with Crippen LogP contribution in [0.25, 0.3) is 0 Å². The molecule has 5 heteroatoms. The minimum Gasteiger partial charge on any atom is -0.395 e. The molecular formula is C14H22O4S. The highest BCUT2D eigenvalue weighted by Crippen LogP contribution is 2.31. The molecule has 0 heterocycles. The second-order valence-electron chi connectivity index (χ2n) is 5.14. The lowest BCUT2D eigenvalue weighted by molar-refractivity contribution is 0.108. The molecule has 0 saturated carbocycles. The molecule has 0 spiro atoms. The molecule has 0 aliphatic rings. The summed E-state index contributed by atoms with van der Waals surface area (Å²) >= 11 is 0. The standard InChI is InChI=1S/C14H22O4S/c1-12-6-3-4-7-13(12)14(10-15,11-16)8-5-9-19(2,17)18/h3-4,6-7,15-16H,5,8-11H2,1-2H3. The zero-order valence-corrected chi connectivity index (χ0v) is 12.3. The van der Waals surface area contributed by atoms with Crippen molar-refractivity contribution in [2.24, 2.45) is 0 Å². The van der Waals surface area contributed by atoms with E-state index in [1.165, 1.54) is 6.26 Å². The summed E-state index contributed by atoms with van der Waals surface area (Å²) in [6.07, 6.45) is 2.06. The van der Waals surface area contributed by atoms with Crippen LogP contribution in [0.15, 0.2) is 24.3 Å². The molecule has 0 unspecified atom stereocenters. The van der Waals surface area contributed by atoms with Crippen LogP contribution in [0.3, 0.4) is 0 Å². The Morgan fingerprint density at radius 2 is 1.74 bits per heavy atom. The average Bonchev–Trinajstić information content (AvgIpc) is 2.35. The average molecular weight is 286 g/mol. The van der Waals surface area contributed by atoms with Gasteiger partial charge in [-0.05, 0) is 30.9 Å². The summed E-state index contributed by atoms with van der Waals surface area (Å²) in [7, 11) is -3.02. The van der Waals surface area contributed by atoms with Crippen LogP contribution in [0.2, 0.25) is 0 Å². The van der Waals surface area contributed by atoms with E-state index in [0.717, 1.165) is 11.1 Å². The van der Waals surface area contributed by atoms with Crippen LogP contribution in [0.1, 0.15) is 24.0 Å². The van der Waals surface area contributed by atoms with E-state index in [0.29, 0.717) is 12.8 Å². The van der Waals surface area contributed by atoms with Gasteiger partial charge in [-0.15, -0.1) is 0 Å². The van der Waals surface area contributed by atoms with Crippen molar-refractivity contribution in [3.05, 3.63) is 35.4 Å². The van der Waals surface area contributed by atoms with E-state index in [4.69, 9.17) is 0 Å². The first-order valence-electron chi connectivity index (χ1n) is 6.30. The van der Waals surface area contributed by atoms with Gasteiger partial charge in [-0.25, -0.2) is 8.42 Å². The maximum Gasteiger partial charge on any atom is 0.147 e. The predicted octanol–water partition coefficient (Wildman–Crippen LogP) is 1.04. The van der Waals surface area contributed by atoms with Crippen LogP contribution < -0.4 is 0 Å². The normalized spacial score (nSPS) is 12.6. The van der Waals surface area contributed by atoms with Crippen LogP contribution in [-0.4, -0.2) is 43.9 Å². The van der Waals surface area contributed by atoms with Crippen LogP contribution in [0, 0.1) is 6.92 Å². The Morgan fingerprint density at radius 3 is 2.21 bits per heavy atom. The van der Waals surface area contributed by atoms with Crippen molar-refractivity contribution in [1.82, 2.24) is 0 Å². The first-order chi connectivity index (χ1) is 8.84. The lowest BCUT2D eigenvalue weighted by Gasteiger charge is -2.32. The minimum atomic E-state index is -3.02. The van der Waals surface area contributed by atoms with Gasteiger partial charge in [0.1, 0.15) is 9.84 Å². The summed E-state index contributed by atoms with van der Waals surface area (Å²) in [5.41, 5.74) is 1.11. The SMILES string of the molecule is Cc1ccccc1C(CO)(CO)CCCS(C)(=O)=O. The fourth-order valence-electron chi connectivity index (χ4n) is 2.35. The summed E-state index contributed by atoms with van der Waals surface area (Å²) in [6.45, 7) is 1.53. The predicted molar refractivity (Wildman–Crippen MR) is 76.0 cm³/mol. The molecule has 0 fully saturated rings. The quantitative estimate of drug-likeness (QED) is 0.785. The number of rotatable bonds is 7. The Morgan fingerprint density at radius 1 is 1.16 bits per heavy atom. The third kappa shape index (κ3) is 4.30. The molecule has 1 aromatic rings. The van der Waals surface area contributed by atoms with Gasteiger partial charge < -0.3 is 10.2 Å². The van der Waals surface area contributed by atoms with Crippen molar-refractivity contribution in [3.63, 3.8) is 0 Å². The molecule has 4 nitrogen and oxygen atoms in total. The molecule has 108 valence electrons. The maximum absolute atomic E-state index is 11.2. The van der Waals surface area contributed by atoms with Crippen molar-refractivity contribution in [2.75, 3.05) is 25.2 Å². The number of aliphatic hydroxyl groups excluding tert-OH is 2. The molecule has 0 bridgehead atoms. The molecule has 19 heavy (non-hydrogen) atoms. The van der Waals surface area contributed by atoms with E-state index in [1.54, 1.807) is 0 Å². The van der Waals surface area contributed by atoms with Crippen LogP contribution in [0.4, 0.5) is 0 Å². The zero-order chi connectivity index (χ0) is 14.5. The van der Waals surface area contributed by atoms with Gasteiger partial charge >= 0.3 is 0 Å². The molecule has 0 amide bonds. The summed E-state index contributed by atoms with van der Waals surface area (Å²) < 4.78 is 22.3. The smallest absolute Gasteiger partial charge is 0.147 e. The molecule has 0 aliphatic heterocycles.